The van der Waals surface area contributed by atoms with E-state index < -0.39 is 5.97 Å². The van der Waals surface area contributed by atoms with Crippen LogP contribution < -0.4 is 14.8 Å². The first kappa shape index (κ1) is 20.3. The molecule has 2 aromatic carbocycles. The number of methoxy groups -OCH3 is 3. The molecule has 0 spiro atoms. The number of carbonyl (C=O) groups is 2. The van der Waals surface area contributed by atoms with Crippen LogP contribution in [0.2, 0.25) is 5.02 Å². The molecule has 0 heterocycles. The highest BCUT2D eigenvalue weighted by Gasteiger charge is 2.13. The molecule has 0 saturated carbocycles. The number of hydrogen-bond donors (Lipinski definition) is 1. The fourth-order valence-electron chi connectivity index (χ4n) is 2.38. The molecule has 0 bridgehead atoms. The van der Waals surface area contributed by atoms with Gasteiger partial charge in [0.25, 0.3) is 0 Å². The fourth-order valence-corrected chi connectivity index (χ4v) is 2.56. The molecule has 0 atom stereocenters. The first-order valence-electron chi connectivity index (χ1n) is 8.03. The number of nitrogens with one attached hydrogen (secondary N) is 1. The third kappa shape index (κ3) is 5.49. The standard InChI is InChI=1S/C20H20ClNO5/c1-25-17-8-6-15(21)11-14(17)5-9-19(23)22-12-13-4-7-18(26-2)16(10-13)20(24)27-3/h4-11H,12H2,1-3H3,(H,22,23)/b9-5+. The molecule has 2 aromatic rings. The van der Waals surface area contributed by atoms with E-state index in [1.54, 1.807) is 49.6 Å². The molecule has 1 amide bonds. The predicted octanol–water partition coefficient (Wildman–Crippen LogP) is 3.47. The molecule has 0 aliphatic rings. The lowest BCUT2D eigenvalue weighted by molar-refractivity contribution is -0.116. The molecule has 0 aromatic heterocycles. The fraction of sp³-hybridized carbons (Fsp3) is 0.200. The van der Waals surface area contributed by atoms with E-state index in [-0.39, 0.29) is 12.5 Å². The van der Waals surface area contributed by atoms with Crippen molar-refractivity contribution in [1.82, 2.24) is 5.32 Å². The summed E-state index contributed by atoms with van der Waals surface area (Å²) in [5.74, 6) is 0.214. The maximum atomic E-state index is 12.1. The minimum Gasteiger partial charge on any atom is -0.496 e. The van der Waals surface area contributed by atoms with Gasteiger partial charge in [0.15, 0.2) is 0 Å². The summed E-state index contributed by atoms with van der Waals surface area (Å²) in [7, 11) is 4.31. The predicted molar refractivity (Wildman–Crippen MR) is 103 cm³/mol. The molecule has 0 radical (unpaired) electrons. The van der Waals surface area contributed by atoms with Gasteiger partial charge in [-0.25, -0.2) is 4.79 Å². The van der Waals surface area contributed by atoms with Crippen LogP contribution >= 0.6 is 11.6 Å². The summed E-state index contributed by atoms with van der Waals surface area (Å²) < 4.78 is 15.1. The quantitative estimate of drug-likeness (QED) is 0.579. The number of benzene rings is 2. The molecule has 1 N–H and O–H groups in total. The molecule has 0 unspecified atom stereocenters. The monoisotopic (exact) mass is 389 g/mol. The van der Waals surface area contributed by atoms with Crippen LogP contribution in [0.5, 0.6) is 11.5 Å². The van der Waals surface area contributed by atoms with Gasteiger partial charge >= 0.3 is 5.97 Å². The maximum Gasteiger partial charge on any atom is 0.341 e. The normalized spacial score (nSPS) is 10.5. The van der Waals surface area contributed by atoms with Crippen LogP contribution in [-0.4, -0.2) is 33.2 Å². The average Bonchev–Trinajstić information content (AvgIpc) is 2.69. The van der Waals surface area contributed by atoms with Crippen LogP contribution in [0.25, 0.3) is 6.08 Å². The summed E-state index contributed by atoms with van der Waals surface area (Å²) in [5.41, 5.74) is 1.72. The molecule has 27 heavy (non-hydrogen) atoms. The van der Waals surface area contributed by atoms with Gasteiger partial charge < -0.3 is 19.5 Å². The van der Waals surface area contributed by atoms with Crippen molar-refractivity contribution < 1.29 is 23.8 Å². The lowest BCUT2D eigenvalue weighted by atomic mass is 10.1. The molecule has 0 aliphatic heterocycles. The number of hydrogen-bond acceptors (Lipinski definition) is 5. The first-order valence-corrected chi connectivity index (χ1v) is 8.41. The molecule has 2 rings (SSSR count). The third-order valence-corrected chi connectivity index (χ3v) is 3.98. The zero-order valence-corrected chi connectivity index (χ0v) is 16.0. The number of rotatable bonds is 7. The average molecular weight is 390 g/mol. The van der Waals surface area contributed by atoms with E-state index in [0.717, 1.165) is 5.56 Å². The second-order valence-electron chi connectivity index (χ2n) is 5.46. The van der Waals surface area contributed by atoms with E-state index in [2.05, 4.69) is 5.32 Å². The Morgan fingerprint density at radius 1 is 1.04 bits per heavy atom. The zero-order valence-electron chi connectivity index (χ0n) is 15.2. The summed E-state index contributed by atoms with van der Waals surface area (Å²) in [5, 5.41) is 3.30. The lowest BCUT2D eigenvalue weighted by Gasteiger charge is -2.09. The number of ether oxygens (including phenoxy) is 3. The molecule has 6 nitrogen and oxygen atoms in total. The van der Waals surface area contributed by atoms with Gasteiger partial charge in [-0.1, -0.05) is 17.7 Å². The van der Waals surface area contributed by atoms with E-state index in [1.165, 1.54) is 20.3 Å². The minimum atomic E-state index is -0.507. The van der Waals surface area contributed by atoms with Crippen LogP contribution in [0.15, 0.2) is 42.5 Å². The Kier molecular flexibility index (Phi) is 7.25. The number of esters is 1. The topological polar surface area (TPSA) is 73.9 Å². The largest absolute Gasteiger partial charge is 0.496 e. The summed E-state index contributed by atoms with van der Waals surface area (Å²) in [6, 6.07) is 10.2. The highest BCUT2D eigenvalue weighted by atomic mass is 35.5. The van der Waals surface area contributed by atoms with Gasteiger partial charge in [-0.2, -0.15) is 0 Å². The van der Waals surface area contributed by atoms with E-state index in [0.29, 0.717) is 27.6 Å². The summed E-state index contributed by atoms with van der Waals surface area (Å²) in [4.78, 5) is 23.9. The van der Waals surface area contributed by atoms with Gasteiger partial charge in [0.1, 0.15) is 17.1 Å². The Balaban J connectivity index is 2.05. The van der Waals surface area contributed by atoms with Gasteiger partial charge in [-0.15, -0.1) is 0 Å². The van der Waals surface area contributed by atoms with Crippen LogP contribution in [0.3, 0.4) is 0 Å². The highest BCUT2D eigenvalue weighted by Crippen LogP contribution is 2.24. The molecule has 0 aliphatic carbocycles. The molecular formula is C20H20ClNO5. The van der Waals surface area contributed by atoms with Crippen LogP contribution in [0, 0.1) is 0 Å². The highest BCUT2D eigenvalue weighted by molar-refractivity contribution is 6.30. The minimum absolute atomic E-state index is 0.240. The van der Waals surface area contributed by atoms with Gasteiger partial charge in [0, 0.05) is 23.2 Å². The van der Waals surface area contributed by atoms with Gasteiger partial charge in [0.05, 0.1) is 21.3 Å². The number of halogens is 1. The summed E-state index contributed by atoms with van der Waals surface area (Å²) in [6.07, 6.45) is 3.01. The van der Waals surface area contributed by atoms with Gasteiger partial charge in [0.2, 0.25) is 5.91 Å². The van der Waals surface area contributed by atoms with E-state index >= 15 is 0 Å². The SMILES string of the molecule is COC(=O)c1cc(CNC(=O)/C=C/c2cc(Cl)ccc2OC)ccc1OC. The van der Waals surface area contributed by atoms with Crippen molar-refractivity contribution in [2.45, 2.75) is 6.54 Å². The molecule has 142 valence electrons. The van der Waals surface area contributed by atoms with E-state index in [1.807, 2.05) is 0 Å². The number of amides is 1. The van der Waals surface area contributed by atoms with Crippen LogP contribution in [-0.2, 0) is 16.1 Å². The van der Waals surface area contributed by atoms with Crippen molar-refractivity contribution in [2.24, 2.45) is 0 Å². The summed E-state index contributed by atoms with van der Waals surface area (Å²) >= 11 is 5.97. The second-order valence-corrected chi connectivity index (χ2v) is 5.90. The Bertz CT molecular complexity index is 863. The number of carbonyl (C=O) groups excluding carboxylic acids is 2. The van der Waals surface area contributed by atoms with Crippen molar-refractivity contribution in [3.63, 3.8) is 0 Å². The third-order valence-electron chi connectivity index (χ3n) is 3.74. The van der Waals surface area contributed by atoms with E-state index in [4.69, 9.17) is 25.8 Å². The van der Waals surface area contributed by atoms with Crippen molar-refractivity contribution in [1.29, 1.82) is 0 Å². The van der Waals surface area contributed by atoms with Crippen molar-refractivity contribution in [2.75, 3.05) is 21.3 Å². The summed E-state index contributed by atoms with van der Waals surface area (Å²) in [6.45, 7) is 0.240. The smallest absolute Gasteiger partial charge is 0.341 e. The molecule has 0 fully saturated rings. The van der Waals surface area contributed by atoms with Crippen LogP contribution in [0.1, 0.15) is 21.5 Å². The Morgan fingerprint density at radius 2 is 1.74 bits per heavy atom. The molecule has 7 heteroatoms. The Morgan fingerprint density at radius 3 is 2.41 bits per heavy atom. The first-order chi connectivity index (χ1) is 13.0. The second kappa shape index (κ2) is 9.64. The van der Waals surface area contributed by atoms with Crippen LogP contribution in [0.4, 0.5) is 0 Å². The Hall–Kier alpha value is -2.99. The van der Waals surface area contributed by atoms with Gasteiger partial charge in [-0.05, 0) is 42.0 Å². The maximum absolute atomic E-state index is 12.1. The van der Waals surface area contributed by atoms with Gasteiger partial charge in [-0.3, -0.25) is 4.79 Å². The lowest BCUT2D eigenvalue weighted by Crippen LogP contribution is -2.20. The van der Waals surface area contributed by atoms with Crippen molar-refractivity contribution in [3.8, 4) is 11.5 Å². The zero-order chi connectivity index (χ0) is 19.8. The van der Waals surface area contributed by atoms with E-state index in [9.17, 15) is 9.59 Å². The van der Waals surface area contributed by atoms with Crippen molar-refractivity contribution >= 4 is 29.6 Å². The molecule has 0 saturated heterocycles. The molecular weight excluding hydrogens is 370 g/mol. The Labute approximate surface area is 162 Å². The van der Waals surface area contributed by atoms with Crippen molar-refractivity contribution in [3.05, 3.63) is 64.2 Å².